The number of amides is 1. The minimum Gasteiger partial charge on any atom is -0.378 e. The maximum absolute atomic E-state index is 13.1. The molecule has 0 saturated carbocycles. The highest BCUT2D eigenvalue weighted by molar-refractivity contribution is 5.77. The van der Waals surface area contributed by atoms with E-state index in [9.17, 15) is 9.90 Å². The number of aryl methyl sites for hydroxylation is 1. The van der Waals surface area contributed by atoms with E-state index in [4.69, 9.17) is 0 Å². The van der Waals surface area contributed by atoms with Gasteiger partial charge in [-0.3, -0.25) is 14.8 Å². The Kier molecular flexibility index (Phi) is 6.68. The van der Waals surface area contributed by atoms with Gasteiger partial charge in [0.05, 0.1) is 6.04 Å². The summed E-state index contributed by atoms with van der Waals surface area (Å²) in [6, 6.07) is 25.8. The summed E-state index contributed by atoms with van der Waals surface area (Å²) in [7, 11) is 0. The summed E-state index contributed by atoms with van der Waals surface area (Å²) in [6.07, 6.45) is 7.49. The molecule has 4 rings (SSSR count). The predicted octanol–water partition coefficient (Wildman–Crippen LogP) is 4.20. The largest absolute Gasteiger partial charge is 0.378 e. The lowest BCUT2D eigenvalue weighted by atomic mass is 9.78. The summed E-state index contributed by atoms with van der Waals surface area (Å²) < 4.78 is 0. The molecule has 0 unspecified atom stereocenters. The molecule has 0 bridgehead atoms. The van der Waals surface area contributed by atoms with Crippen molar-refractivity contribution in [3.05, 3.63) is 132 Å². The van der Waals surface area contributed by atoms with Crippen LogP contribution in [-0.4, -0.2) is 21.0 Å². The number of rotatable bonds is 8. The lowest BCUT2D eigenvalue weighted by Crippen LogP contribution is -2.45. The maximum atomic E-state index is 13.1. The van der Waals surface area contributed by atoms with Crippen LogP contribution in [0.15, 0.2) is 110 Å². The molecule has 0 aliphatic carbocycles. The first-order chi connectivity index (χ1) is 15.7. The molecule has 0 aliphatic rings. The fraction of sp³-hybridized carbons (Fsp3) is 0.148. The predicted molar refractivity (Wildman–Crippen MR) is 124 cm³/mol. The van der Waals surface area contributed by atoms with Gasteiger partial charge in [-0.15, -0.1) is 0 Å². The van der Waals surface area contributed by atoms with Crippen LogP contribution in [0.1, 0.15) is 34.7 Å². The summed E-state index contributed by atoms with van der Waals surface area (Å²) in [5, 5.41) is 15.3. The van der Waals surface area contributed by atoms with Crippen molar-refractivity contribution >= 4 is 5.91 Å². The van der Waals surface area contributed by atoms with E-state index in [1.165, 1.54) is 0 Å². The molecule has 0 radical (unpaired) electrons. The van der Waals surface area contributed by atoms with Crippen LogP contribution in [0.2, 0.25) is 0 Å². The molecule has 5 heteroatoms. The highest BCUT2D eigenvalue weighted by Gasteiger charge is 2.42. The van der Waals surface area contributed by atoms with Crippen LogP contribution in [0.5, 0.6) is 0 Å². The van der Waals surface area contributed by atoms with E-state index in [1.807, 2.05) is 72.8 Å². The molecule has 2 heterocycles. The first-order valence-electron chi connectivity index (χ1n) is 10.6. The third kappa shape index (κ3) is 4.74. The van der Waals surface area contributed by atoms with Crippen molar-refractivity contribution in [1.82, 2.24) is 15.3 Å². The second-order valence-electron chi connectivity index (χ2n) is 7.65. The Labute approximate surface area is 187 Å². The van der Waals surface area contributed by atoms with Gasteiger partial charge in [0.25, 0.3) is 0 Å². The Morgan fingerprint density at radius 3 is 1.91 bits per heavy atom. The Balaban J connectivity index is 1.71. The second kappa shape index (κ2) is 9.98. The van der Waals surface area contributed by atoms with Gasteiger partial charge in [0.1, 0.15) is 5.60 Å². The average molecular weight is 424 g/mol. The zero-order chi connectivity index (χ0) is 22.2. The van der Waals surface area contributed by atoms with Gasteiger partial charge < -0.3 is 10.4 Å². The van der Waals surface area contributed by atoms with Crippen molar-refractivity contribution in [2.75, 3.05) is 0 Å². The van der Waals surface area contributed by atoms with Crippen molar-refractivity contribution in [3.63, 3.8) is 0 Å². The monoisotopic (exact) mass is 423 g/mol. The van der Waals surface area contributed by atoms with Gasteiger partial charge in [-0.1, -0.05) is 72.8 Å². The molecule has 160 valence electrons. The van der Waals surface area contributed by atoms with Crippen molar-refractivity contribution in [3.8, 4) is 0 Å². The molecule has 2 aromatic carbocycles. The lowest BCUT2D eigenvalue weighted by Gasteiger charge is -2.37. The number of benzene rings is 2. The highest BCUT2D eigenvalue weighted by atomic mass is 16.3. The van der Waals surface area contributed by atoms with Gasteiger partial charge in [0.15, 0.2) is 0 Å². The average Bonchev–Trinajstić information content (AvgIpc) is 2.88. The molecule has 1 amide bonds. The van der Waals surface area contributed by atoms with Crippen molar-refractivity contribution < 1.29 is 9.90 Å². The van der Waals surface area contributed by atoms with E-state index in [-0.39, 0.29) is 5.91 Å². The zero-order valence-electron chi connectivity index (χ0n) is 17.6. The topological polar surface area (TPSA) is 75.1 Å². The van der Waals surface area contributed by atoms with Crippen molar-refractivity contribution in [2.24, 2.45) is 0 Å². The van der Waals surface area contributed by atoms with E-state index >= 15 is 0 Å². The number of aromatic nitrogens is 2. The molecule has 0 aliphatic heterocycles. The summed E-state index contributed by atoms with van der Waals surface area (Å²) in [4.78, 5) is 21.5. The summed E-state index contributed by atoms with van der Waals surface area (Å²) in [5.74, 6) is -0.145. The number of pyridine rings is 2. The number of carbonyl (C=O) groups excluding carboxylic acids is 1. The molecule has 0 fully saturated rings. The second-order valence-corrected chi connectivity index (χ2v) is 7.65. The molecule has 2 N–H and O–H groups in total. The first kappa shape index (κ1) is 21.4. The highest BCUT2D eigenvalue weighted by Crippen LogP contribution is 2.40. The van der Waals surface area contributed by atoms with Crippen LogP contribution < -0.4 is 5.32 Å². The van der Waals surface area contributed by atoms with Gasteiger partial charge in [-0.2, -0.15) is 0 Å². The van der Waals surface area contributed by atoms with Crippen LogP contribution in [-0.2, 0) is 16.8 Å². The smallest absolute Gasteiger partial charge is 0.220 e. The normalized spacial score (nSPS) is 12.2. The lowest BCUT2D eigenvalue weighted by molar-refractivity contribution is -0.123. The molecule has 4 aromatic rings. The van der Waals surface area contributed by atoms with E-state index in [0.717, 1.165) is 11.1 Å². The molecule has 0 saturated heterocycles. The van der Waals surface area contributed by atoms with Crippen molar-refractivity contribution in [1.29, 1.82) is 0 Å². The molecular weight excluding hydrogens is 398 g/mol. The minimum absolute atomic E-state index is 0.145. The Morgan fingerprint density at radius 1 is 0.812 bits per heavy atom. The van der Waals surface area contributed by atoms with Gasteiger partial charge in [-0.05, 0) is 29.7 Å². The van der Waals surface area contributed by atoms with E-state index in [1.54, 1.807) is 36.9 Å². The molecule has 5 nitrogen and oxygen atoms in total. The number of aliphatic hydroxyl groups is 1. The third-order valence-electron chi connectivity index (χ3n) is 5.54. The Bertz CT molecular complexity index is 1080. The number of carbonyl (C=O) groups is 1. The van der Waals surface area contributed by atoms with Crippen LogP contribution in [0.3, 0.4) is 0 Å². The molecule has 32 heavy (non-hydrogen) atoms. The van der Waals surface area contributed by atoms with E-state index in [0.29, 0.717) is 24.0 Å². The van der Waals surface area contributed by atoms with Gasteiger partial charge in [-0.25, -0.2) is 0 Å². The zero-order valence-corrected chi connectivity index (χ0v) is 17.6. The minimum atomic E-state index is -1.56. The molecule has 1 atom stereocenters. The fourth-order valence-electron chi connectivity index (χ4n) is 3.89. The van der Waals surface area contributed by atoms with Gasteiger partial charge in [0.2, 0.25) is 5.91 Å². The third-order valence-corrected chi connectivity index (χ3v) is 5.54. The number of hydrogen-bond acceptors (Lipinski definition) is 4. The Hall–Kier alpha value is -3.83. The molecule has 0 spiro atoms. The standard InChI is InChI=1S/C27H25N3O2/c31-25(16-15-21-9-3-1-4-10-21)30-26(22-11-5-2-6-12-22)27(32,23-13-7-17-28-19-23)24-14-8-18-29-20-24/h1-14,17-20,26,32H,15-16H2,(H,30,31)/t26-/m1/s1. The molecular formula is C27H25N3O2. The Morgan fingerprint density at radius 2 is 1.38 bits per heavy atom. The van der Waals surface area contributed by atoms with Crippen LogP contribution in [0, 0.1) is 0 Å². The summed E-state index contributed by atoms with van der Waals surface area (Å²) in [5.41, 5.74) is 1.46. The van der Waals surface area contributed by atoms with Gasteiger partial charge in [0, 0.05) is 42.3 Å². The number of nitrogens with zero attached hydrogens (tertiary/aromatic N) is 2. The first-order valence-corrected chi connectivity index (χ1v) is 10.6. The maximum Gasteiger partial charge on any atom is 0.220 e. The summed E-state index contributed by atoms with van der Waals surface area (Å²) in [6.45, 7) is 0. The quantitative estimate of drug-likeness (QED) is 0.445. The number of nitrogens with one attached hydrogen (secondary N) is 1. The van der Waals surface area contributed by atoms with E-state index < -0.39 is 11.6 Å². The van der Waals surface area contributed by atoms with Gasteiger partial charge >= 0.3 is 0 Å². The molecule has 2 aromatic heterocycles. The van der Waals surface area contributed by atoms with Crippen LogP contribution in [0.25, 0.3) is 0 Å². The van der Waals surface area contributed by atoms with E-state index in [2.05, 4.69) is 15.3 Å². The summed E-state index contributed by atoms with van der Waals surface area (Å²) >= 11 is 0. The number of hydrogen-bond donors (Lipinski definition) is 2. The SMILES string of the molecule is O=C(CCc1ccccc1)N[C@H](c1ccccc1)C(O)(c1cccnc1)c1cccnc1. The van der Waals surface area contributed by atoms with Crippen molar-refractivity contribution in [2.45, 2.75) is 24.5 Å². The van der Waals surface area contributed by atoms with Crippen LogP contribution >= 0.6 is 0 Å². The fourth-order valence-corrected chi connectivity index (χ4v) is 3.89. The van der Waals surface area contributed by atoms with Crippen LogP contribution in [0.4, 0.5) is 0 Å².